The zero-order valence-corrected chi connectivity index (χ0v) is 20.2. The summed E-state index contributed by atoms with van der Waals surface area (Å²) >= 11 is 0. The van der Waals surface area contributed by atoms with Crippen molar-refractivity contribution in [2.75, 3.05) is 36.5 Å². The highest BCUT2D eigenvalue weighted by Crippen LogP contribution is 2.33. The van der Waals surface area contributed by atoms with Crippen molar-refractivity contribution in [1.29, 1.82) is 0 Å². The number of benzene rings is 1. The van der Waals surface area contributed by atoms with Crippen molar-refractivity contribution in [3.05, 3.63) is 59.3 Å². The minimum Gasteiger partial charge on any atom is -0.489 e. The van der Waals surface area contributed by atoms with Gasteiger partial charge >= 0.3 is 5.97 Å². The summed E-state index contributed by atoms with van der Waals surface area (Å²) in [6.07, 6.45) is 5.54. The van der Waals surface area contributed by atoms with E-state index in [9.17, 15) is 9.90 Å². The molecule has 9 heteroatoms. The number of hydrogen-bond donors (Lipinski definition) is 2. The lowest BCUT2D eigenvalue weighted by atomic mass is 9.93. The molecule has 0 unspecified atom stereocenters. The third-order valence-corrected chi connectivity index (χ3v) is 6.79. The SMILES string of the molecule is Cc1nc2cc3nn2c(c1CC(=O)O)N1CCC(C)(CC1)OC/C=C/COc1ccccc1CN3. The highest BCUT2D eigenvalue weighted by Gasteiger charge is 2.33. The first kappa shape index (κ1) is 23.2. The first-order valence-electron chi connectivity index (χ1n) is 12.0. The summed E-state index contributed by atoms with van der Waals surface area (Å²) in [5.41, 5.74) is 2.86. The molecule has 1 aromatic carbocycles. The second-order valence-electron chi connectivity index (χ2n) is 9.36. The number of anilines is 2. The first-order valence-corrected chi connectivity index (χ1v) is 12.0. The molecule has 184 valence electrons. The lowest BCUT2D eigenvalue weighted by Crippen LogP contribution is -2.45. The first-order chi connectivity index (χ1) is 16.9. The van der Waals surface area contributed by atoms with Crippen molar-refractivity contribution in [3.63, 3.8) is 0 Å². The Bertz CT molecular complexity index is 1260. The van der Waals surface area contributed by atoms with Crippen molar-refractivity contribution in [1.82, 2.24) is 14.6 Å². The summed E-state index contributed by atoms with van der Waals surface area (Å²) in [5, 5.41) is 17.8. The third kappa shape index (κ3) is 4.95. The number of ether oxygens (including phenoxy) is 2. The average molecular weight is 478 g/mol. The molecule has 6 rings (SSSR count). The van der Waals surface area contributed by atoms with Crippen LogP contribution in [0.2, 0.25) is 0 Å². The Kier molecular flexibility index (Phi) is 6.34. The van der Waals surface area contributed by atoms with Gasteiger partial charge in [0.2, 0.25) is 0 Å². The van der Waals surface area contributed by atoms with Crippen LogP contribution in [0.4, 0.5) is 11.6 Å². The Hall–Kier alpha value is -3.59. The molecule has 4 bridgehead atoms. The van der Waals surface area contributed by atoms with Crippen LogP contribution in [0.25, 0.3) is 5.65 Å². The van der Waals surface area contributed by atoms with Crippen LogP contribution >= 0.6 is 0 Å². The van der Waals surface area contributed by atoms with Gasteiger partial charge in [0.1, 0.15) is 18.2 Å². The van der Waals surface area contributed by atoms with Crippen LogP contribution < -0.4 is 15.0 Å². The molecule has 3 aliphatic heterocycles. The second-order valence-corrected chi connectivity index (χ2v) is 9.36. The molecule has 3 aromatic rings. The Morgan fingerprint density at radius 1 is 1.20 bits per heavy atom. The number of aromatic nitrogens is 3. The van der Waals surface area contributed by atoms with E-state index in [1.807, 2.05) is 49.4 Å². The van der Waals surface area contributed by atoms with Gasteiger partial charge in [0, 0.05) is 42.5 Å². The van der Waals surface area contributed by atoms with Gasteiger partial charge < -0.3 is 24.8 Å². The van der Waals surface area contributed by atoms with E-state index in [1.165, 1.54) is 0 Å². The summed E-state index contributed by atoms with van der Waals surface area (Å²) in [6.45, 7) is 7.02. The van der Waals surface area contributed by atoms with E-state index in [2.05, 4.69) is 22.1 Å². The standard InChI is InChI=1S/C26H31N5O4/c1-18-20(15-24(32)33)25-30-11-9-26(2,10-12-30)35-14-6-5-13-34-21-8-4-3-7-19(21)17-27-22-16-23(28-18)31(25)29-22/h3-8,16H,9-15,17H2,1-2H3,(H,27,29)(H,32,33)/b6-5+. The Labute approximate surface area is 204 Å². The predicted molar refractivity (Wildman–Crippen MR) is 133 cm³/mol. The number of carboxylic acids is 1. The van der Waals surface area contributed by atoms with Crippen LogP contribution in [0.15, 0.2) is 42.5 Å². The number of hydrogen-bond acceptors (Lipinski definition) is 7. The van der Waals surface area contributed by atoms with E-state index in [4.69, 9.17) is 14.6 Å². The average Bonchev–Trinajstić information content (AvgIpc) is 3.23. The van der Waals surface area contributed by atoms with Crippen molar-refractivity contribution in [2.45, 2.75) is 45.3 Å². The molecule has 0 aliphatic carbocycles. The van der Waals surface area contributed by atoms with Gasteiger partial charge in [-0.05, 0) is 38.8 Å². The van der Waals surface area contributed by atoms with E-state index >= 15 is 0 Å². The summed E-state index contributed by atoms with van der Waals surface area (Å²) in [6, 6.07) is 9.82. The smallest absolute Gasteiger partial charge is 0.308 e. The van der Waals surface area contributed by atoms with Crippen LogP contribution in [-0.2, 0) is 22.5 Å². The zero-order chi connectivity index (χ0) is 24.4. The molecule has 0 radical (unpaired) electrons. The number of para-hydroxylation sites is 1. The van der Waals surface area contributed by atoms with Crippen LogP contribution in [0.3, 0.4) is 0 Å². The van der Waals surface area contributed by atoms with Crippen molar-refractivity contribution >= 4 is 23.3 Å². The maximum absolute atomic E-state index is 11.7. The lowest BCUT2D eigenvalue weighted by molar-refractivity contribution is -0.136. The summed E-state index contributed by atoms with van der Waals surface area (Å²) in [4.78, 5) is 18.6. The summed E-state index contributed by atoms with van der Waals surface area (Å²) in [7, 11) is 0. The molecule has 35 heavy (non-hydrogen) atoms. The number of piperidine rings is 1. The van der Waals surface area contributed by atoms with Gasteiger partial charge in [-0.3, -0.25) is 4.79 Å². The van der Waals surface area contributed by atoms with E-state index in [1.54, 1.807) is 4.52 Å². The predicted octanol–water partition coefficient (Wildman–Crippen LogP) is 3.60. The molecule has 0 saturated carbocycles. The third-order valence-electron chi connectivity index (χ3n) is 6.79. The molecule has 0 atom stereocenters. The summed E-state index contributed by atoms with van der Waals surface area (Å²) in [5.74, 6) is 1.40. The molecule has 1 fully saturated rings. The molecule has 9 nitrogen and oxygen atoms in total. The largest absolute Gasteiger partial charge is 0.489 e. The molecule has 5 heterocycles. The van der Waals surface area contributed by atoms with Gasteiger partial charge in [-0.2, -0.15) is 4.52 Å². The van der Waals surface area contributed by atoms with Gasteiger partial charge in [-0.15, -0.1) is 5.10 Å². The van der Waals surface area contributed by atoms with Crippen LogP contribution in [0.5, 0.6) is 5.75 Å². The maximum atomic E-state index is 11.7. The van der Waals surface area contributed by atoms with Gasteiger partial charge in [-0.25, -0.2) is 4.98 Å². The van der Waals surface area contributed by atoms with Gasteiger partial charge in [0.05, 0.1) is 18.6 Å². The molecular weight excluding hydrogens is 446 g/mol. The van der Waals surface area contributed by atoms with Crippen LogP contribution in [-0.4, -0.2) is 57.6 Å². The fourth-order valence-electron chi connectivity index (χ4n) is 4.74. The number of aliphatic carboxylic acids is 1. The maximum Gasteiger partial charge on any atom is 0.308 e. The molecule has 2 N–H and O–H groups in total. The minimum absolute atomic E-state index is 0.105. The zero-order valence-electron chi connectivity index (χ0n) is 20.2. The van der Waals surface area contributed by atoms with Crippen LogP contribution in [0.1, 0.15) is 36.6 Å². The van der Waals surface area contributed by atoms with E-state index in [-0.39, 0.29) is 12.0 Å². The Morgan fingerprint density at radius 2 is 1.97 bits per heavy atom. The number of rotatable bonds is 2. The molecule has 1 saturated heterocycles. The molecule has 3 aliphatic rings. The minimum atomic E-state index is -0.885. The highest BCUT2D eigenvalue weighted by atomic mass is 16.5. The molecule has 2 aromatic heterocycles. The van der Waals surface area contributed by atoms with Gasteiger partial charge in [0.25, 0.3) is 0 Å². The van der Waals surface area contributed by atoms with Gasteiger partial charge in [-0.1, -0.05) is 24.3 Å². The molecule has 0 amide bonds. The monoisotopic (exact) mass is 477 g/mol. The lowest BCUT2D eigenvalue weighted by Gasteiger charge is -2.40. The fourth-order valence-corrected chi connectivity index (χ4v) is 4.74. The summed E-state index contributed by atoms with van der Waals surface area (Å²) < 4.78 is 14.0. The number of fused-ring (bicyclic) bond motifs is 7. The normalized spacial score (nSPS) is 18.9. The molecular formula is C26H31N5O4. The number of nitrogens with one attached hydrogen (secondary N) is 1. The Morgan fingerprint density at radius 3 is 2.77 bits per heavy atom. The molecule has 0 spiro atoms. The fraction of sp³-hybridized carbons (Fsp3) is 0.423. The van der Waals surface area contributed by atoms with E-state index < -0.39 is 5.97 Å². The topological polar surface area (TPSA) is 101 Å². The number of carbonyl (C=O) groups is 1. The van der Waals surface area contributed by atoms with Crippen molar-refractivity contribution in [3.8, 4) is 5.75 Å². The number of carboxylic acid groups (broad SMARTS) is 1. The highest BCUT2D eigenvalue weighted by molar-refractivity contribution is 5.74. The quantitative estimate of drug-likeness (QED) is 0.540. The number of aryl methyl sites for hydroxylation is 1. The Balaban J connectivity index is 1.57. The van der Waals surface area contributed by atoms with Crippen molar-refractivity contribution in [2.24, 2.45) is 0 Å². The number of nitrogens with zero attached hydrogens (tertiary/aromatic N) is 4. The second kappa shape index (κ2) is 9.58. The van der Waals surface area contributed by atoms with Crippen LogP contribution in [0, 0.1) is 6.92 Å². The van der Waals surface area contributed by atoms with Crippen molar-refractivity contribution < 1.29 is 19.4 Å². The van der Waals surface area contributed by atoms with Gasteiger partial charge in [0.15, 0.2) is 11.5 Å². The van der Waals surface area contributed by atoms with E-state index in [0.717, 1.165) is 43.1 Å². The van der Waals surface area contributed by atoms with E-state index in [0.29, 0.717) is 42.5 Å².